The molecule has 0 spiro atoms. The maximum Gasteiger partial charge on any atom is 0.240 e. The summed E-state index contributed by atoms with van der Waals surface area (Å²) >= 11 is 0. The molecule has 2 rings (SSSR count). The summed E-state index contributed by atoms with van der Waals surface area (Å²) in [4.78, 5) is 8.31. The van der Waals surface area contributed by atoms with Crippen molar-refractivity contribution in [1.29, 1.82) is 0 Å². The highest BCUT2D eigenvalue weighted by atomic mass is 32.2. The lowest BCUT2D eigenvalue weighted by Crippen LogP contribution is -2.29. The molecule has 0 unspecified atom stereocenters. The summed E-state index contributed by atoms with van der Waals surface area (Å²) in [5.74, 6) is 1.13. The molecule has 2 aromatic rings. The lowest BCUT2D eigenvalue weighted by molar-refractivity contribution is 0.385. The van der Waals surface area contributed by atoms with E-state index < -0.39 is 15.8 Å². The van der Waals surface area contributed by atoms with Crippen molar-refractivity contribution in [2.45, 2.75) is 18.7 Å². The van der Waals surface area contributed by atoms with Crippen molar-refractivity contribution in [2.24, 2.45) is 0 Å². The summed E-state index contributed by atoms with van der Waals surface area (Å²) in [6.07, 6.45) is 0. The van der Waals surface area contributed by atoms with E-state index in [0.29, 0.717) is 24.0 Å². The highest BCUT2D eigenvalue weighted by Gasteiger charge is 2.16. The second kappa shape index (κ2) is 8.77. The van der Waals surface area contributed by atoms with Gasteiger partial charge in [-0.3, -0.25) is 0 Å². The van der Waals surface area contributed by atoms with Crippen molar-refractivity contribution < 1.29 is 17.5 Å². The Morgan fingerprint density at radius 1 is 1.12 bits per heavy atom. The number of ether oxygens (including phenoxy) is 1. The lowest BCUT2D eigenvalue weighted by atomic mass is 10.3. The van der Waals surface area contributed by atoms with Crippen LogP contribution in [0.4, 0.5) is 16.0 Å². The third kappa shape index (κ3) is 5.27. The van der Waals surface area contributed by atoms with Gasteiger partial charge in [0.05, 0.1) is 12.0 Å². The lowest BCUT2D eigenvalue weighted by Gasteiger charge is -2.11. The van der Waals surface area contributed by atoms with Crippen LogP contribution in [0.2, 0.25) is 0 Å². The molecule has 0 aliphatic rings. The number of nitrogens with one attached hydrogen (secondary N) is 3. The van der Waals surface area contributed by atoms with Crippen molar-refractivity contribution in [3.8, 4) is 5.75 Å². The van der Waals surface area contributed by atoms with Crippen LogP contribution < -0.4 is 20.1 Å². The number of hydrogen-bond acceptors (Lipinski definition) is 7. The zero-order chi connectivity index (χ0) is 19.2. The van der Waals surface area contributed by atoms with Crippen LogP contribution in [0.3, 0.4) is 0 Å². The molecule has 26 heavy (non-hydrogen) atoms. The molecule has 0 amide bonds. The number of benzene rings is 1. The molecule has 0 saturated heterocycles. The first-order chi connectivity index (χ1) is 12.4. The third-order valence-electron chi connectivity index (χ3n) is 3.35. The van der Waals surface area contributed by atoms with E-state index in [9.17, 15) is 12.8 Å². The summed E-state index contributed by atoms with van der Waals surface area (Å²) in [6, 6.07) is 5.22. The van der Waals surface area contributed by atoms with Crippen LogP contribution in [0.1, 0.15) is 12.7 Å². The second-order valence-corrected chi connectivity index (χ2v) is 7.10. The van der Waals surface area contributed by atoms with E-state index in [1.54, 1.807) is 13.0 Å². The van der Waals surface area contributed by atoms with E-state index >= 15 is 0 Å². The molecule has 0 atom stereocenters. The van der Waals surface area contributed by atoms with Gasteiger partial charge < -0.3 is 15.4 Å². The maximum atomic E-state index is 13.7. The number of hydrogen-bond donors (Lipinski definition) is 3. The number of methoxy groups -OCH3 is 1. The predicted molar refractivity (Wildman–Crippen MR) is 97.6 cm³/mol. The highest BCUT2D eigenvalue weighted by molar-refractivity contribution is 7.89. The fraction of sp³-hybridized carbons (Fsp3) is 0.375. The Labute approximate surface area is 152 Å². The Hall–Kier alpha value is -2.46. The van der Waals surface area contributed by atoms with Crippen LogP contribution in [0, 0.1) is 12.7 Å². The van der Waals surface area contributed by atoms with Crippen molar-refractivity contribution in [2.75, 3.05) is 37.4 Å². The number of halogens is 1. The molecule has 3 N–H and O–H groups in total. The largest absolute Gasteiger partial charge is 0.494 e. The fourth-order valence-electron chi connectivity index (χ4n) is 2.20. The van der Waals surface area contributed by atoms with Gasteiger partial charge in [-0.15, -0.1) is 0 Å². The van der Waals surface area contributed by atoms with Crippen LogP contribution in [-0.4, -0.2) is 45.1 Å². The predicted octanol–water partition coefficient (Wildman–Crippen LogP) is 1.75. The fourth-order valence-corrected chi connectivity index (χ4v) is 3.25. The van der Waals surface area contributed by atoms with E-state index in [2.05, 4.69) is 25.3 Å². The molecule has 0 aliphatic carbocycles. The molecule has 10 heteroatoms. The number of rotatable bonds is 9. The second-order valence-electron chi connectivity index (χ2n) is 5.34. The quantitative estimate of drug-likeness (QED) is 0.567. The van der Waals surface area contributed by atoms with Crippen molar-refractivity contribution in [1.82, 2.24) is 14.7 Å². The van der Waals surface area contributed by atoms with Gasteiger partial charge in [0.15, 0.2) is 11.6 Å². The van der Waals surface area contributed by atoms with Gasteiger partial charge in [0.2, 0.25) is 10.0 Å². The standard InChI is InChI=1S/C16H22FN5O3S/c1-4-18-15-10-16(22-11(2)21-15)19-7-8-20-26(23,24)12-5-6-14(25-3)13(17)9-12/h5-6,9-10,20H,4,7-8H2,1-3H3,(H2,18,19,21,22). The van der Waals surface area contributed by atoms with Gasteiger partial charge in [-0.2, -0.15) is 0 Å². The molecule has 0 bridgehead atoms. The topological polar surface area (TPSA) is 105 Å². The Morgan fingerprint density at radius 2 is 1.81 bits per heavy atom. The normalized spacial score (nSPS) is 11.2. The van der Waals surface area contributed by atoms with Crippen LogP contribution in [0.15, 0.2) is 29.2 Å². The first kappa shape index (κ1) is 19.9. The molecule has 1 heterocycles. The summed E-state index contributed by atoms with van der Waals surface area (Å²) in [5.41, 5.74) is 0. The minimum atomic E-state index is -3.82. The SMILES string of the molecule is CCNc1cc(NCCNS(=O)(=O)c2ccc(OC)c(F)c2)nc(C)n1. The molecule has 0 fully saturated rings. The Balaban J connectivity index is 1.94. The average molecular weight is 383 g/mol. The number of nitrogens with zero attached hydrogens (tertiary/aromatic N) is 2. The van der Waals surface area contributed by atoms with E-state index in [1.807, 2.05) is 6.92 Å². The zero-order valence-corrected chi connectivity index (χ0v) is 15.7. The molecule has 8 nitrogen and oxygen atoms in total. The molecule has 0 aliphatic heterocycles. The van der Waals surface area contributed by atoms with Crippen molar-refractivity contribution >= 4 is 21.7 Å². The highest BCUT2D eigenvalue weighted by Crippen LogP contribution is 2.20. The number of anilines is 2. The van der Waals surface area contributed by atoms with Gasteiger partial charge in [0.25, 0.3) is 0 Å². The van der Waals surface area contributed by atoms with Gasteiger partial charge >= 0.3 is 0 Å². The number of aryl methyl sites for hydroxylation is 1. The van der Waals surface area contributed by atoms with Crippen molar-refractivity contribution in [3.63, 3.8) is 0 Å². The van der Waals surface area contributed by atoms with E-state index in [-0.39, 0.29) is 17.2 Å². The average Bonchev–Trinajstić information content (AvgIpc) is 2.58. The first-order valence-corrected chi connectivity index (χ1v) is 9.50. The minimum Gasteiger partial charge on any atom is -0.494 e. The Kier molecular flexibility index (Phi) is 6.70. The zero-order valence-electron chi connectivity index (χ0n) is 14.8. The number of sulfonamides is 1. The van der Waals surface area contributed by atoms with Crippen molar-refractivity contribution in [3.05, 3.63) is 35.9 Å². The first-order valence-electron chi connectivity index (χ1n) is 8.02. The van der Waals surface area contributed by atoms with Crippen LogP contribution in [0.25, 0.3) is 0 Å². The molecule has 142 valence electrons. The van der Waals surface area contributed by atoms with E-state index in [4.69, 9.17) is 4.74 Å². The summed E-state index contributed by atoms with van der Waals surface area (Å²) in [5, 5.41) is 6.12. The molecule has 0 saturated carbocycles. The number of aromatic nitrogens is 2. The van der Waals surface area contributed by atoms with Gasteiger partial charge in [0, 0.05) is 25.7 Å². The van der Waals surface area contributed by atoms with E-state index in [0.717, 1.165) is 12.6 Å². The monoisotopic (exact) mass is 383 g/mol. The van der Waals surface area contributed by atoms with Crippen LogP contribution >= 0.6 is 0 Å². The van der Waals surface area contributed by atoms with Gasteiger partial charge in [-0.1, -0.05) is 0 Å². The molecule has 0 radical (unpaired) electrons. The smallest absolute Gasteiger partial charge is 0.240 e. The van der Waals surface area contributed by atoms with Gasteiger partial charge in [-0.05, 0) is 32.0 Å². The third-order valence-corrected chi connectivity index (χ3v) is 4.81. The molecule has 1 aromatic heterocycles. The Morgan fingerprint density at radius 3 is 2.42 bits per heavy atom. The summed E-state index contributed by atoms with van der Waals surface area (Å²) in [7, 11) is -2.51. The van der Waals surface area contributed by atoms with E-state index in [1.165, 1.54) is 19.2 Å². The Bertz CT molecular complexity index is 861. The summed E-state index contributed by atoms with van der Waals surface area (Å²) in [6.45, 7) is 4.87. The molecule has 1 aromatic carbocycles. The molecular weight excluding hydrogens is 361 g/mol. The summed E-state index contributed by atoms with van der Waals surface area (Å²) < 4.78 is 45.3. The minimum absolute atomic E-state index is 0.0127. The van der Waals surface area contributed by atoms with Crippen LogP contribution in [-0.2, 0) is 10.0 Å². The molecular formula is C16H22FN5O3S. The van der Waals surface area contributed by atoms with Gasteiger partial charge in [-0.25, -0.2) is 27.5 Å². The van der Waals surface area contributed by atoms with Gasteiger partial charge in [0.1, 0.15) is 17.5 Å². The van der Waals surface area contributed by atoms with Crippen LogP contribution in [0.5, 0.6) is 5.75 Å². The maximum absolute atomic E-state index is 13.7.